The molecule has 0 aliphatic heterocycles. The van der Waals surface area contributed by atoms with Crippen molar-refractivity contribution in [3.63, 3.8) is 0 Å². The van der Waals surface area contributed by atoms with Gasteiger partial charge in [-0.2, -0.15) is 0 Å². The molecule has 4 bridgehead atoms. The quantitative estimate of drug-likeness (QED) is 0.444. The van der Waals surface area contributed by atoms with E-state index in [4.69, 9.17) is 4.43 Å². The third-order valence-corrected chi connectivity index (χ3v) is 13.2. The number of hydrogen-bond donors (Lipinski definition) is 0. The van der Waals surface area contributed by atoms with Gasteiger partial charge in [-0.15, -0.1) is 0 Å². The van der Waals surface area contributed by atoms with Gasteiger partial charge in [0.1, 0.15) is 5.75 Å². The fourth-order valence-electron chi connectivity index (χ4n) is 6.02. The Labute approximate surface area is 169 Å². The van der Waals surface area contributed by atoms with E-state index in [1.54, 1.807) is 0 Å². The standard InChI is InChI=1S/C23H35BrOSi/c1-15-7-21(25-26(5,6)22(2,3)4)19(11-20(15)24)23-12-16-8-17(13-23)10-18(9-16)14-23/h7,11,16-18H,8-10,12-14H2,1-6H3. The van der Waals surface area contributed by atoms with Gasteiger partial charge in [-0.1, -0.05) is 36.7 Å². The summed E-state index contributed by atoms with van der Waals surface area (Å²) < 4.78 is 8.20. The van der Waals surface area contributed by atoms with Crippen LogP contribution in [0, 0.1) is 24.7 Å². The van der Waals surface area contributed by atoms with Crippen molar-refractivity contribution in [2.75, 3.05) is 0 Å². The molecule has 0 unspecified atom stereocenters. The van der Waals surface area contributed by atoms with Crippen molar-refractivity contribution in [2.45, 2.75) is 89.8 Å². The Balaban J connectivity index is 1.78. The van der Waals surface area contributed by atoms with E-state index in [1.165, 1.54) is 59.9 Å². The van der Waals surface area contributed by atoms with Crippen molar-refractivity contribution in [1.82, 2.24) is 0 Å². The van der Waals surface area contributed by atoms with Crippen molar-refractivity contribution in [3.05, 3.63) is 27.7 Å². The van der Waals surface area contributed by atoms with E-state index >= 15 is 0 Å². The highest BCUT2D eigenvalue weighted by Gasteiger charge is 2.53. The number of hydrogen-bond acceptors (Lipinski definition) is 1. The van der Waals surface area contributed by atoms with Gasteiger partial charge >= 0.3 is 0 Å². The number of aryl methyl sites for hydroxylation is 1. The van der Waals surface area contributed by atoms with E-state index in [9.17, 15) is 0 Å². The molecule has 0 amide bonds. The van der Waals surface area contributed by atoms with Gasteiger partial charge in [0, 0.05) is 10.0 Å². The molecule has 0 atom stereocenters. The van der Waals surface area contributed by atoms with Gasteiger partial charge in [0.05, 0.1) is 0 Å². The second-order valence-corrected chi connectivity index (χ2v) is 16.7. The molecule has 4 saturated carbocycles. The monoisotopic (exact) mass is 434 g/mol. The summed E-state index contributed by atoms with van der Waals surface area (Å²) >= 11 is 3.83. The zero-order valence-electron chi connectivity index (χ0n) is 17.4. The lowest BCUT2D eigenvalue weighted by Gasteiger charge is -2.57. The van der Waals surface area contributed by atoms with Crippen molar-refractivity contribution >= 4 is 24.2 Å². The first-order chi connectivity index (χ1) is 12.0. The van der Waals surface area contributed by atoms with Gasteiger partial charge in [0.2, 0.25) is 8.32 Å². The molecule has 0 radical (unpaired) electrons. The predicted octanol–water partition coefficient (Wildman–Crippen LogP) is 7.61. The van der Waals surface area contributed by atoms with Crippen LogP contribution in [0.2, 0.25) is 18.1 Å². The third-order valence-electron chi connectivity index (χ3n) is 8.04. The smallest absolute Gasteiger partial charge is 0.250 e. The van der Waals surface area contributed by atoms with Crippen molar-refractivity contribution in [1.29, 1.82) is 0 Å². The van der Waals surface area contributed by atoms with E-state index in [0.717, 1.165) is 17.8 Å². The molecular weight excluding hydrogens is 400 g/mol. The topological polar surface area (TPSA) is 9.23 Å². The molecule has 0 aromatic heterocycles. The molecule has 0 saturated heterocycles. The molecule has 1 aromatic carbocycles. The van der Waals surface area contributed by atoms with Crippen molar-refractivity contribution in [3.8, 4) is 5.75 Å². The van der Waals surface area contributed by atoms with Crippen LogP contribution in [0.25, 0.3) is 0 Å². The van der Waals surface area contributed by atoms with Gasteiger partial charge in [-0.05, 0) is 104 Å². The highest BCUT2D eigenvalue weighted by Crippen LogP contribution is 2.62. The first kappa shape index (κ1) is 19.1. The minimum atomic E-state index is -1.85. The largest absolute Gasteiger partial charge is 0.543 e. The van der Waals surface area contributed by atoms with Gasteiger partial charge in [-0.3, -0.25) is 0 Å². The minimum absolute atomic E-state index is 0.229. The lowest BCUT2D eigenvalue weighted by Crippen LogP contribution is -2.49. The van der Waals surface area contributed by atoms with Crippen LogP contribution >= 0.6 is 15.9 Å². The summed E-state index contributed by atoms with van der Waals surface area (Å²) in [6.07, 6.45) is 8.65. The van der Waals surface area contributed by atoms with Gasteiger partial charge in [0.15, 0.2) is 0 Å². The summed E-state index contributed by atoms with van der Waals surface area (Å²) in [5, 5.41) is 0.229. The predicted molar refractivity (Wildman–Crippen MR) is 117 cm³/mol. The van der Waals surface area contributed by atoms with E-state index in [2.05, 4.69) is 68.9 Å². The Morgan fingerprint density at radius 2 is 1.50 bits per heavy atom. The number of benzene rings is 1. The summed E-state index contributed by atoms with van der Waals surface area (Å²) in [6, 6.07) is 4.77. The molecule has 5 rings (SSSR count). The molecular formula is C23H35BrOSi. The zero-order chi connectivity index (χ0) is 18.9. The lowest BCUT2D eigenvalue weighted by molar-refractivity contribution is -0.00589. The van der Waals surface area contributed by atoms with Crippen molar-refractivity contribution < 1.29 is 4.43 Å². The zero-order valence-corrected chi connectivity index (χ0v) is 20.0. The minimum Gasteiger partial charge on any atom is -0.543 e. The molecule has 26 heavy (non-hydrogen) atoms. The van der Waals surface area contributed by atoms with E-state index in [1.807, 2.05) is 0 Å². The second kappa shape index (κ2) is 6.11. The molecule has 4 aliphatic carbocycles. The maximum Gasteiger partial charge on any atom is 0.250 e. The maximum atomic E-state index is 6.94. The maximum absolute atomic E-state index is 6.94. The van der Waals surface area contributed by atoms with Crippen LogP contribution < -0.4 is 4.43 Å². The van der Waals surface area contributed by atoms with Crippen LogP contribution in [0.5, 0.6) is 5.75 Å². The summed E-state index contributed by atoms with van der Waals surface area (Å²) in [6.45, 7) is 14.0. The summed E-state index contributed by atoms with van der Waals surface area (Å²) in [7, 11) is -1.85. The molecule has 0 heterocycles. The summed E-state index contributed by atoms with van der Waals surface area (Å²) in [5.41, 5.74) is 3.20. The van der Waals surface area contributed by atoms with E-state index in [-0.39, 0.29) is 5.04 Å². The van der Waals surface area contributed by atoms with E-state index < -0.39 is 8.32 Å². The lowest BCUT2D eigenvalue weighted by atomic mass is 9.48. The first-order valence-electron chi connectivity index (χ1n) is 10.5. The Morgan fingerprint density at radius 3 is 1.96 bits per heavy atom. The highest BCUT2D eigenvalue weighted by molar-refractivity contribution is 9.10. The van der Waals surface area contributed by atoms with Crippen LogP contribution in [0.15, 0.2) is 16.6 Å². The third kappa shape index (κ3) is 3.11. The summed E-state index contributed by atoms with van der Waals surface area (Å²) in [5.74, 6) is 4.09. The average molecular weight is 436 g/mol. The Kier molecular flexibility index (Phi) is 4.47. The number of rotatable bonds is 3. The van der Waals surface area contributed by atoms with Crippen LogP contribution in [-0.4, -0.2) is 8.32 Å². The molecule has 0 spiro atoms. The fourth-order valence-corrected chi connectivity index (χ4v) is 7.39. The molecule has 4 aliphatic rings. The van der Waals surface area contributed by atoms with Crippen LogP contribution in [0.3, 0.4) is 0 Å². The Bertz CT molecular complexity index is 680. The van der Waals surface area contributed by atoms with Gasteiger partial charge in [-0.25, -0.2) is 0 Å². The van der Waals surface area contributed by atoms with Crippen molar-refractivity contribution in [2.24, 2.45) is 17.8 Å². The molecule has 144 valence electrons. The van der Waals surface area contributed by atoms with Crippen LogP contribution in [0.1, 0.15) is 70.4 Å². The molecule has 3 heteroatoms. The first-order valence-corrected chi connectivity index (χ1v) is 14.2. The molecule has 0 N–H and O–H groups in total. The van der Waals surface area contributed by atoms with Crippen LogP contribution in [-0.2, 0) is 5.41 Å². The highest BCUT2D eigenvalue weighted by atomic mass is 79.9. The summed E-state index contributed by atoms with van der Waals surface area (Å²) in [4.78, 5) is 0. The van der Waals surface area contributed by atoms with Gasteiger partial charge in [0.25, 0.3) is 0 Å². The fraction of sp³-hybridized carbons (Fsp3) is 0.739. The average Bonchev–Trinajstić information content (AvgIpc) is 2.47. The molecule has 1 nitrogen and oxygen atoms in total. The van der Waals surface area contributed by atoms with Gasteiger partial charge < -0.3 is 4.43 Å². The second-order valence-electron chi connectivity index (χ2n) is 11.2. The normalized spacial score (nSPS) is 33.6. The SMILES string of the molecule is Cc1cc(O[Si](C)(C)C(C)(C)C)c(C23CC4CC(CC(C4)C2)C3)cc1Br. The Hall–Kier alpha value is -0.283. The van der Waals surface area contributed by atoms with E-state index in [0.29, 0.717) is 5.41 Å². The van der Waals surface area contributed by atoms with Crippen LogP contribution in [0.4, 0.5) is 0 Å². The molecule has 1 aromatic rings. The molecule has 4 fully saturated rings. The Morgan fingerprint density at radius 1 is 1.00 bits per heavy atom. The number of halogens is 1.